The fraction of sp³-hybridized carbons (Fsp3) is 0.647. The molecule has 2 atom stereocenters. The molecular weight excluding hydrogens is 342 g/mol. The topological polar surface area (TPSA) is 79.9 Å². The summed E-state index contributed by atoms with van der Waals surface area (Å²) in [5.41, 5.74) is 1.17. The van der Waals surface area contributed by atoms with Gasteiger partial charge >= 0.3 is 0 Å². The predicted molar refractivity (Wildman–Crippen MR) is 95.7 cm³/mol. The van der Waals surface area contributed by atoms with Crippen molar-refractivity contribution in [3.8, 4) is 11.5 Å². The highest BCUT2D eigenvalue weighted by molar-refractivity contribution is 7.88. The fourth-order valence-electron chi connectivity index (χ4n) is 3.80. The second kappa shape index (κ2) is 6.66. The zero-order valence-corrected chi connectivity index (χ0v) is 15.2. The summed E-state index contributed by atoms with van der Waals surface area (Å²) < 4.78 is 36.3. The summed E-state index contributed by atoms with van der Waals surface area (Å²) in [4.78, 5) is 2.37. The van der Waals surface area contributed by atoms with Crippen LogP contribution in [0.15, 0.2) is 18.2 Å². The van der Waals surface area contributed by atoms with Crippen LogP contribution in [-0.4, -0.2) is 52.7 Å². The number of nitrogens with one attached hydrogen (secondary N) is 2. The second-order valence-corrected chi connectivity index (χ2v) is 8.93. The Morgan fingerprint density at radius 3 is 2.44 bits per heavy atom. The van der Waals surface area contributed by atoms with Gasteiger partial charge in [0.25, 0.3) is 0 Å². The number of hydrogen-bond acceptors (Lipinski definition) is 6. The predicted octanol–water partition coefficient (Wildman–Crippen LogP) is 1.05. The lowest BCUT2D eigenvalue weighted by Crippen LogP contribution is -2.60. The van der Waals surface area contributed by atoms with Crippen molar-refractivity contribution in [2.24, 2.45) is 0 Å². The lowest BCUT2D eigenvalue weighted by Gasteiger charge is -2.42. The number of hydrogen-bond donors (Lipinski definition) is 2. The third-order valence-electron chi connectivity index (χ3n) is 5.31. The number of nitrogens with zero attached hydrogens (tertiary/aromatic N) is 1. The Labute approximate surface area is 148 Å². The average Bonchev–Trinajstić information content (AvgIpc) is 3.04. The van der Waals surface area contributed by atoms with Crippen LogP contribution < -0.4 is 24.4 Å². The molecule has 1 aromatic rings. The summed E-state index contributed by atoms with van der Waals surface area (Å²) in [5.74, 6) is 1.64. The Morgan fingerprint density at radius 2 is 1.76 bits per heavy atom. The number of piperidine rings is 1. The van der Waals surface area contributed by atoms with Crippen molar-refractivity contribution in [3.05, 3.63) is 18.2 Å². The highest BCUT2D eigenvalue weighted by Crippen LogP contribution is 2.36. The Bertz CT molecular complexity index is 731. The molecule has 2 aliphatic heterocycles. The number of benzene rings is 1. The summed E-state index contributed by atoms with van der Waals surface area (Å²) in [7, 11) is -3.13. The molecule has 0 spiro atoms. The molecule has 1 aromatic carbocycles. The summed E-state index contributed by atoms with van der Waals surface area (Å²) in [5, 5.41) is 3.64. The Morgan fingerprint density at radius 1 is 1.04 bits per heavy atom. The molecule has 7 nitrogen and oxygen atoms in total. The number of fused-ring (bicyclic) bond motifs is 1. The largest absolute Gasteiger partial charge is 0.454 e. The smallest absolute Gasteiger partial charge is 0.231 e. The van der Waals surface area contributed by atoms with E-state index in [1.165, 1.54) is 11.9 Å². The lowest BCUT2D eigenvalue weighted by molar-refractivity contribution is 0.174. The van der Waals surface area contributed by atoms with E-state index in [1.807, 2.05) is 12.1 Å². The van der Waals surface area contributed by atoms with Crippen LogP contribution in [0.2, 0.25) is 0 Å². The zero-order valence-electron chi connectivity index (χ0n) is 14.4. The molecule has 0 amide bonds. The molecule has 8 heteroatoms. The zero-order chi connectivity index (χ0) is 17.4. The fourth-order valence-corrected chi connectivity index (χ4v) is 4.64. The van der Waals surface area contributed by atoms with Crippen LogP contribution in [0.5, 0.6) is 11.5 Å². The SMILES string of the molecule is CS(=O)(=O)NC1CCC1NC1CCN(c2ccc3c(c2)OCO3)CC1. The van der Waals surface area contributed by atoms with Crippen molar-refractivity contribution in [2.45, 2.75) is 43.8 Å². The molecule has 0 aromatic heterocycles. The minimum Gasteiger partial charge on any atom is -0.454 e. The number of sulfonamides is 1. The molecule has 1 aliphatic carbocycles. The lowest BCUT2D eigenvalue weighted by atomic mass is 9.86. The normalized spacial score (nSPS) is 26.5. The number of anilines is 1. The van der Waals surface area contributed by atoms with E-state index in [1.54, 1.807) is 0 Å². The molecule has 2 fully saturated rings. The second-order valence-electron chi connectivity index (χ2n) is 7.15. The molecule has 25 heavy (non-hydrogen) atoms. The van der Waals surface area contributed by atoms with E-state index >= 15 is 0 Å². The van der Waals surface area contributed by atoms with Crippen molar-refractivity contribution < 1.29 is 17.9 Å². The number of rotatable bonds is 5. The van der Waals surface area contributed by atoms with E-state index in [2.05, 4.69) is 21.0 Å². The minimum absolute atomic E-state index is 0.0434. The van der Waals surface area contributed by atoms with Gasteiger partial charge in [-0.2, -0.15) is 0 Å². The molecule has 138 valence electrons. The van der Waals surface area contributed by atoms with Gasteiger partial charge in [-0.05, 0) is 37.8 Å². The molecule has 0 bridgehead atoms. The molecule has 1 saturated carbocycles. The monoisotopic (exact) mass is 367 g/mol. The van der Waals surface area contributed by atoms with Gasteiger partial charge < -0.3 is 19.7 Å². The van der Waals surface area contributed by atoms with E-state index in [0.717, 1.165) is 50.3 Å². The van der Waals surface area contributed by atoms with Crippen LogP contribution in [0, 0.1) is 0 Å². The average molecular weight is 367 g/mol. The Hall–Kier alpha value is -1.51. The van der Waals surface area contributed by atoms with Gasteiger partial charge in [0.15, 0.2) is 11.5 Å². The van der Waals surface area contributed by atoms with Gasteiger partial charge in [-0.15, -0.1) is 0 Å². The van der Waals surface area contributed by atoms with E-state index in [4.69, 9.17) is 9.47 Å². The van der Waals surface area contributed by atoms with Crippen LogP contribution in [0.25, 0.3) is 0 Å². The van der Waals surface area contributed by atoms with Crippen LogP contribution >= 0.6 is 0 Å². The summed E-state index contributed by atoms with van der Waals surface area (Å²) >= 11 is 0. The third kappa shape index (κ3) is 3.86. The van der Waals surface area contributed by atoms with Gasteiger partial charge in [-0.1, -0.05) is 0 Å². The first kappa shape index (κ1) is 16.9. The van der Waals surface area contributed by atoms with Gasteiger partial charge in [-0.25, -0.2) is 13.1 Å². The van der Waals surface area contributed by atoms with E-state index < -0.39 is 10.0 Å². The standard InChI is InChI=1S/C17H25N3O4S/c1-25(21,22)19-15-4-3-14(15)18-12-6-8-20(9-7-12)13-2-5-16-17(10-13)24-11-23-16/h2,5,10,12,14-15,18-19H,3-4,6-9,11H2,1H3. The van der Waals surface area contributed by atoms with Crippen LogP contribution in [0.3, 0.4) is 0 Å². The molecular formula is C17H25N3O4S. The van der Waals surface area contributed by atoms with Gasteiger partial charge in [0.1, 0.15) is 0 Å². The first-order valence-corrected chi connectivity index (χ1v) is 10.7. The first-order valence-electron chi connectivity index (χ1n) is 8.86. The van der Waals surface area contributed by atoms with Gasteiger partial charge in [0, 0.05) is 43.0 Å². The number of ether oxygens (including phenoxy) is 2. The van der Waals surface area contributed by atoms with Crippen molar-refractivity contribution >= 4 is 15.7 Å². The Balaban J connectivity index is 1.29. The van der Waals surface area contributed by atoms with Crippen LogP contribution in [0.4, 0.5) is 5.69 Å². The van der Waals surface area contributed by atoms with Crippen molar-refractivity contribution in [2.75, 3.05) is 31.0 Å². The van der Waals surface area contributed by atoms with E-state index in [9.17, 15) is 8.42 Å². The highest BCUT2D eigenvalue weighted by Gasteiger charge is 2.35. The Kier molecular flexibility index (Phi) is 4.51. The molecule has 2 heterocycles. The molecule has 2 N–H and O–H groups in total. The van der Waals surface area contributed by atoms with Crippen molar-refractivity contribution in [3.63, 3.8) is 0 Å². The maximum Gasteiger partial charge on any atom is 0.231 e. The third-order valence-corrected chi connectivity index (χ3v) is 6.04. The molecule has 2 unspecified atom stereocenters. The van der Waals surface area contributed by atoms with Crippen molar-refractivity contribution in [1.29, 1.82) is 0 Å². The van der Waals surface area contributed by atoms with E-state index in [0.29, 0.717) is 12.8 Å². The van der Waals surface area contributed by atoms with Crippen LogP contribution in [0.1, 0.15) is 25.7 Å². The van der Waals surface area contributed by atoms with Gasteiger partial charge in [-0.3, -0.25) is 0 Å². The highest BCUT2D eigenvalue weighted by atomic mass is 32.2. The summed E-state index contributed by atoms with van der Waals surface area (Å²) in [6.07, 6.45) is 5.29. The van der Waals surface area contributed by atoms with Crippen molar-refractivity contribution in [1.82, 2.24) is 10.0 Å². The first-order chi connectivity index (χ1) is 12.0. The molecule has 4 rings (SSSR count). The molecule has 1 saturated heterocycles. The maximum atomic E-state index is 11.4. The summed E-state index contributed by atoms with van der Waals surface area (Å²) in [6.45, 7) is 2.26. The van der Waals surface area contributed by atoms with Gasteiger partial charge in [0.05, 0.1) is 6.26 Å². The van der Waals surface area contributed by atoms with E-state index in [-0.39, 0.29) is 12.1 Å². The summed E-state index contributed by atoms with van der Waals surface area (Å²) in [6, 6.07) is 6.85. The quantitative estimate of drug-likeness (QED) is 0.810. The maximum absolute atomic E-state index is 11.4. The minimum atomic E-state index is -3.13. The van der Waals surface area contributed by atoms with Crippen LogP contribution in [-0.2, 0) is 10.0 Å². The molecule has 0 radical (unpaired) electrons. The van der Waals surface area contributed by atoms with Gasteiger partial charge in [0.2, 0.25) is 16.8 Å². The molecule has 3 aliphatic rings.